The smallest absolute Gasteiger partial charge is 0.226 e. The van der Waals surface area contributed by atoms with Crippen molar-refractivity contribution >= 4 is 28.6 Å². The monoisotopic (exact) mass is 293 g/mol. The number of rotatable bonds is 2. The molecule has 0 amide bonds. The maximum absolute atomic E-state index is 9.67. The van der Waals surface area contributed by atoms with Gasteiger partial charge in [0.05, 0.1) is 6.33 Å². The van der Waals surface area contributed by atoms with Gasteiger partial charge >= 0.3 is 0 Å². The van der Waals surface area contributed by atoms with Gasteiger partial charge in [0, 0.05) is 12.6 Å². The van der Waals surface area contributed by atoms with Crippen molar-refractivity contribution in [2.75, 3.05) is 12.3 Å². The van der Waals surface area contributed by atoms with E-state index in [1.807, 2.05) is 0 Å². The molecule has 2 heterocycles. The molecule has 7 heteroatoms. The molecule has 0 spiro atoms. The van der Waals surface area contributed by atoms with Gasteiger partial charge in [-0.25, -0.2) is 4.98 Å². The molecule has 3 N–H and O–H groups in total. The van der Waals surface area contributed by atoms with Gasteiger partial charge < -0.3 is 15.4 Å². The Labute approximate surface area is 121 Å². The lowest BCUT2D eigenvalue weighted by Crippen LogP contribution is -2.41. The quantitative estimate of drug-likeness (QED) is 0.824. The zero-order chi connectivity index (χ0) is 13.9. The van der Waals surface area contributed by atoms with Crippen molar-refractivity contribution in [2.45, 2.75) is 31.7 Å². The van der Waals surface area contributed by atoms with Crippen LogP contribution in [0.5, 0.6) is 0 Å². The van der Waals surface area contributed by atoms with Crippen LogP contribution >= 0.6 is 11.6 Å². The third kappa shape index (κ3) is 1.46. The first kappa shape index (κ1) is 12.3. The molecule has 0 aromatic carbocycles. The van der Waals surface area contributed by atoms with Crippen molar-refractivity contribution in [1.82, 2.24) is 19.5 Å². The summed E-state index contributed by atoms with van der Waals surface area (Å²) in [6.45, 7) is 0.276. The van der Waals surface area contributed by atoms with E-state index in [9.17, 15) is 5.11 Å². The fourth-order valence-electron chi connectivity index (χ4n) is 4.03. The van der Waals surface area contributed by atoms with Crippen LogP contribution in [0, 0.1) is 11.3 Å². The number of aliphatic hydroxyl groups excluding tert-OH is 1. The summed E-state index contributed by atoms with van der Waals surface area (Å²) in [5, 5.41) is 9.82. The summed E-state index contributed by atoms with van der Waals surface area (Å²) in [6.07, 6.45) is 6.15. The van der Waals surface area contributed by atoms with E-state index in [0.29, 0.717) is 28.9 Å². The lowest BCUT2D eigenvalue weighted by atomic mass is 9.61. The number of hydrogen-bond acceptors (Lipinski definition) is 5. The van der Waals surface area contributed by atoms with Crippen LogP contribution in [0.3, 0.4) is 0 Å². The number of fused-ring (bicyclic) bond motifs is 2. The fraction of sp³-hybridized carbons (Fsp3) is 0.615. The Morgan fingerprint density at radius 3 is 2.85 bits per heavy atom. The fourth-order valence-corrected chi connectivity index (χ4v) is 4.20. The predicted molar refractivity (Wildman–Crippen MR) is 75.3 cm³/mol. The Balaban J connectivity index is 1.80. The van der Waals surface area contributed by atoms with Crippen LogP contribution in [0.4, 0.5) is 5.82 Å². The van der Waals surface area contributed by atoms with Gasteiger partial charge in [-0.3, -0.25) is 0 Å². The number of nitrogens with zero attached hydrogens (tertiary/aromatic N) is 4. The van der Waals surface area contributed by atoms with Crippen molar-refractivity contribution in [3.63, 3.8) is 0 Å². The number of halogens is 1. The SMILES string of the molecule is Nc1nc(Cl)nc2c1ncn2[C@H]1CC[C@]2(CO)CC[C@H]12. The van der Waals surface area contributed by atoms with E-state index < -0.39 is 0 Å². The normalized spacial score (nSPS) is 32.3. The van der Waals surface area contributed by atoms with Crippen molar-refractivity contribution in [3.8, 4) is 0 Å². The molecule has 20 heavy (non-hydrogen) atoms. The first-order valence-corrected chi connectivity index (χ1v) is 7.29. The second kappa shape index (κ2) is 4.05. The van der Waals surface area contributed by atoms with Gasteiger partial charge in [0.25, 0.3) is 0 Å². The maximum atomic E-state index is 9.67. The molecule has 0 aliphatic heterocycles. The molecule has 2 aromatic heterocycles. The Morgan fingerprint density at radius 1 is 1.40 bits per heavy atom. The molecule has 2 aromatic rings. The minimum atomic E-state index is 0.115. The third-order valence-corrected chi connectivity index (χ3v) is 5.40. The van der Waals surface area contributed by atoms with Crippen molar-refractivity contribution in [3.05, 3.63) is 11.6 Å². The molecule has 2 saturated carbocycles. The van der Waals surface area contributed by atoms with E-state index in [1.54, 1.807) is 6.33 Å². The molecule has 6 nitrogen and oxygen atoms in total. The van der Waals surface area contributed by atoms with Gasteiger partial charge in [-0.1, -0.05) is 0 Å². The summed E-state index contributed by atoms with van der Waals surface area (Å²) in [7, 11) is 0. The summed E-state index contributed by atoms with van der Waals surface area (Å²) >= 11 is 5.91. The van der Waals surface area contributed by atoms with Crippen LogP contribution in [0.1, 0.15) is 31.7 Å². The van der Waals surface area contributed by atoms with E-state index in [4.69, 9.17) is 17.3 Å². The van der Waals surface area contributed by atoms with E-state index in [0.717, 1.165) is 25.7 Å². The Hall–Kier alpha value is -1.40. The molecule has 0 saturated heterocycles. The number of aliphatic hydroxyl groups is 1. The molecule has 4 rings (SSSR count). The van der Waals surface area contributed by atoms with Crippen LogP contribution in [0.15, 0.2) is 6.33 Å². The van der Waals surface area contributed by atoms with Gasteiger partial charge in [0.1, 0.15) is 5.52 Å². The Bertz CT molecular complexity index is 683. The lowest BCUT2D eigenvalue weighted by Gasteiger charge is -2.45. The van der Waals surface area contributed by atoms with Gasteiger partial charge in [-0.05, 0) is 48.6 Å². The molecule has 0 bridgehead atoms. The summed E-state index contributed by atoms with van der Waals surface area (Å²) < 4.78 is 2.07. The minimum Gasteiger partial charge on any atom is -0.396 e. The Morgan fingerprint density at radius 2 is 2.20 bits per heavy atom. The van der Waals surface area contributed by atoms with Crippen LogP contribution < -0.4 is 5.73 Å². The predicted octanol–water partition coefficient (Wildman–Crippen LogP) is 1.79. The first-order chi connectivity index (χ1) is 9.64. The van der Waals surface area contributed by atoms with Crippen LogP contribution in [-0.4, -0.2) is 31.2 Å². The summed E-state index contributed by atoms with van der Waals surface area (Å²) in [5.74, 6) is 0.818. The zero-order valence-corrected chi connectivity index (χ0v) is 11.7. The Kier molecular flexibility index (Phi) is 2.50. The first-order valence-electron chi connectivity index (χ1n) is 6.91. The van der Waals surface area contributed by atoms with E-state index in [1.165, 1.54) is 0 Å². The highest BCUT2D eigenvalue weighted by molar-refractivity contribution is 6.28. The van der Waals surface area contributed by atoms with Crippen molar-refractivity contribution in [1.29, 1.82) is 0 Å². The number of aromatic nitrogens is 4. The second-order valence-electron chi connectivity index (χ2n) is 5.97. The highest BCUT2D eigenvalue weighted by atomic mass is 35.5. The minimum absolute atomic E-state index is 0.115. The molecule has 106 valence electrons. The number of nitrogen functional groups attached to an aromatic ring is 1. The molecule has 2 aliphatic rings. The van der Waals surface area contributed by atoms with Crippen LogP contribution in [0.2, 0.25) is 5.28 Å². The highest BCUT2D eigenvalue weighted by Crippen LogP contribution is 2.61. The van der Waals surface area contributed by atoms with Crippen molar-refractivity contribution in [2.24, 2.45) is 11.3 Å². The molecule has 0 unspecified atom stereocenters. The van der Waals surface area contributed by atoms with Gasteiger partial charge in [-0.15, -0.1) is 0 Å². The molecule has 0 radical (unpaired) electrons. The molecule has 2 aliphatic carbocycles. The van der Waals surface area contributed by atoms with Gasteiger partial charge in [-0.2, -0.15) is 9.97 Å². The van der Waals surface area contributed by atoms with Crippen molar-refractivity contribution < 1.29 is 5.11 Å². The average Bonchev–Trinajstić information content (AvgIpc) is 2.90. The van der Waals surface area contributed by atoms with Crippen LogP contribution in [-0.2, 0) is 0 Å². The van der Waals surface area contributed by atoms with E-state index in [2.05, 4.69) is 19.5 Å². The molecule has 3 atom stereocenters. The number of anilines is 1. The number of imidazole rings is 1. The zero-order valence-electron chi connectivity index (χ0n) is 11.0. The largest absolute Gasteiger partial charge is 0.396 e. The summed E-state index contributed by atoms with van der Waals surface area (Å²) in [4.78, 5) is 12.5. The standard InChI is InChI=1S/C13H16ClN5O/c14-12-17-10(15)9-11(18-12)19(6-16-9)8-2-4-13(5-20)3-1-7(8)13/h6-8,20H,1-5H2,(H2,15,17,18)/t7-,8+,13+/m1/s1. The van der Waals surface area contributed by atoms with Gasteiger partial charge in [0.2, 0.25) is 5.28 Å². The van der Waals surface area contributed by atoms with E-state index in [-0.39, 0.29) is 17.3 Å². The maximum Gasteiger partial charge on any atom is 0.226 e. The molecular weight excluding hydrogens is 278 g/mol. The number of hydrogen-bond donors (Lipinski definition) is 2. The highest BCUT2D eigenvalue weighted by Gasteiger charge is 2.55. The molecule has 2 fully saturated rings. The van der Waals surface area contributed by atoms with Gasteiger partial charge in [0.15, 0.2) is 11.5 Å². The third-order valence-electron chi connectivity index (χ3n) is 5.24. The molecular formula is C13H16ClN5O. The lowest BCUT2D eigenvalue weighted by molar-refractivity contribution is -0.0143. The summed E-state index contributed by atoms with van der Waals surface area (Å²) in [6, 6.07) is 0.325. The number of nitrogens with two attached hydrogens (primary N) is 1. The topological polar surface area (TPSA) is 89.9 Å². The van der Waals surface area contributed by atoms with Crippen LogP contribution in [0.25, 0.3) is 11.2 Å². The summed E-state index contributed by atoms with van der Waals surface area (Å²) in [5.41, 5.74) is 7.27. The van der Waals surface area contributed by atoms with E-state index >= 15 is 0 Å². The second-order valence-corrected chi connectivity index (χ2v) is 6.31. The average molecular weight is 294 g/mol.